The lowest BCUT2D eigenvalue weighted by Gasteiger charge is -2.06. The molecule has 2 aromatic rings. The van der Waals surface area contributed by atoms with E-state index >= 15 is 0 Å². The van der Waals surface area contributed by atoms with Gasteiger partial charge in [-0.3, -0.25) is 0 Å². The number of ether oxygens (including phenoxy) is 3. The van der Waals surface area contributed by atoms with E-state index in [9.17, 15) is 9.59 Å². The first-order chi connectivity index (χ1) is 13.0. The van der Waals surface area contributed by atoms with Crippen molar-refractivity contribution < 1.29 is 23.8 Å². The number of benzene rings is 2. The Balaban J connectivity index is 1.87. The summed E-state index contributed by atoms with van der Waals surface area (Å²) in [5.41, 5.74) is 1.24. The molecule has 0 N–H and O–H groups in total. The molecule has 5 heteroatoms. The number of methoxy groups -OCH3 is 1. The Hall–Kier alpha value is -3.08. The Morgan fingerprint density at radius 1 is 0.963 bits per heavy atom. The number of rotatable bonds is 8. The van der Waals surface area contributed by atoms with Gasteiger partial charge in [-0.1, -0.05) is 26.0 Å². The molecule has 0 aliphatic heterocycles. The fourth-order valence-corrected chi connectivity index (χ4v) is 2.15. The topological polar surface area (TPSA) is 61.8 Å². The summed E-state index contributed by atoms with van der Waals surface area (Å²) in [7, 11) is 1.56. The highest BCUT2D eigenvalue weighted by molar-refractivity contribution is 5.91. The molecule has 0 bridgehead atoms. The Kier molecular flexibility index (Phi) is 7.62. The minimum Gasteiger partial charge on any atom is -0.497 e. The molecule has 0 spiro atoms. The van der Waals surface area contributed by atoms with Gasteiger partial charge in [0, 0.05) is 6.08 Å². The van der Waals surface area contributed by atoms with Crippen LogP contribution in [0.25, 0.3) is 6.08 Å². The summed E-state index contributed by atoms with van der Waals surface area (Å²) < 4.78 is 15.5. The third kappa shape index (κ3) is 6.98. The summed E-state index contributed by atoms with van der Waals surface area (Å²) in [4.78, 5) is 23.7. The van der Waals surface area contributed by atoms with Crippen LogP contribution in [-0.4, -0.2) is 25.7 Å². The zero-order chi connectivity index (χ0) is 19.6. The molecule has 5 nitrogen and oxygen atoms in total. The smallest absolute Gasteiger partial charge is 0.343 e. The van der Waals surface area contributed by atoms with Crippen LogP contribution < -0.4 is 9.47 Å². The summed E-state index contributed by atoms with van der Waals surface area (Å²) >= 11 is 0. The van der Waals surface area contributed by atoms with Crippen LogP contribution in [0.4, 0.5) is 0 Å². The van der Waals surface area contributed by atoms with Gasteiger partial charge >= 0.3 is 11.9 Å². The molecule has 0 aromatic heterocycles. The van der Waals surface area contributed by atoms with Gasteiger partial charge in [0.25, 0.3) is 0 Å². The fourth-order valence-electron chi connectivity index (χ4n) is 2.15. The summed E-state index contributed by atoms with van der Waals surface area (Å²) in [5, 5.41) is 0. The van der Waals surface area contributed by atoms with Crippen LogP contribution in [0.15, 0.2) is 54.6 Å². The zero-order valence-corrected chi connectivity index (χ0v) is 15.8. The Bertz CT molecular complexity index is 773. The number of carbonyl (C=O) groups excluding carboxylic acids is 2. The molecular weight excluding hydrogens is 344 g/mol. The van der Waals surface area contributed by atoms with Crippen molar-refractivity contribution in [2.24, 2.45) is 5.92 Å². The molecular formula is C22H24O5. The summed E-state index contributed by atoms with van der Waals surface area (Å²) in [6.07, 6.45) is 3.89. The number of hydrogen-bond acceptors (Lipinski definition) is 5. The lowest BCUT2D eigenvalue weighted by Crippen LogP contribution is -2.08. The van der Waals surface area contributed by atoms with Crippen LogP contribution in [0, 0.1) is 5.92 Å². The largest absolute Gasteiger partial charge is 0.497 e. The maximum absolute atomic E-state index is 12.1. The first-order valence-corrected chi connectivity index (χ1v) is 8.79. The van der Waals surface area contributed by atoms with Crippen molar-refractivity contribution in [3.63, 3.8) is 0 Å². The molecule has 2 rings (SSSR count). The highest BCUT2D eigenvalue weighted by Crippen LogP contribution is 2.17. The number of carbonyl (C=O) groups is 2. The van der Waals surface area contributed by atoms with Gasteiger partial charge in [-0.2, -0.15) is 0 Å². The van der Waals surface area contributed by atoms with Crippen molar-refractivity contribution >= 4 is 18.0 Å². The fraction of sp³-hybridized carbons (Fsp3) is 0.273. The first-order valence-electron chi connectivity index (χ1n) is 8.79. The maximum atomic E-state index is 12.1. The summed E-state index contributed by atoms with van der Waals surface area (Å²) in [5.74, 6) is 0.771. The molecule has 2 aromatic carbocycles. The predicted octanol–water partition coefficient (Wildman–Crippen LogP) is 4.52. The number of esters is 2. The zero-order valence-electron chi connectivity index (χ0n) is 15.8. The second-order valence-corrected chi connectivity index (χ2v) is 6.37. The van der Waals surface area contributed by atoms with E-state index in [4.69, 9.17) is 14.2 Å². The van der Waals surface area contributed by atoms with Crippen molar-refractivity contribution in [1.82, 2.24) is 0 Å². The molecule has 142 valence electrons. The molecule has 0 heterocycles. The van der Waals surface area contributed by atoms with Crippen LogP contribution in [-0.2, 0) is 9.53 Å². The van der Waals surface area contributed by atoms with Gasteiger partial charge in [0.05, 0.1) is 19.3 Å². The van der Waals surface area contributed by atoms with Crippen LogP contribution >= 0.6 is 0 Å². The van der Waals surface area contributed by atoms with E-state index in [-0.39, 0.29) is 5.97 Å². The van der Waals surface area contributed by atoms with Crippen molar-refractivity contribution in [3.05, 3.63) is 65.7 Å². The van der Waals surface area contributed by atoms with Gasteiger partial charge in [-0.15, -0.1) is 0 Å². The van der Waals surface area contributed by atoms with Crippen molar-refractivity contribution in [3.8, 4) is 11.5 Å². The van der Waals surface area contributed by atoms with Gasteiger partial charge < -0.3 is 14.2 Å². The monoisotopic (exact) mass is 368 g/mol. The average Bonchev–Trinajstić information content (AvgIpc) is 2.67. The standard InChI is InChI=1S/C22H24O5/c1-16(2)14-15-26-21(23)13-6-17-4-9-20(10-5-17)27-22(24)18-7-11-19(25-3)12-8-18/h4-13,16H,14-15H2,1-3H3/b13-6+. The molecule has 0 unspecified atom stereocenters. The van der Waals surface area contributed by atoms with E-state index in [1.54, 1.807) is 61.7 Å². The lowest BCUT2D eigenvalue weighted by molar-refractivity contribution is -0.137. The predicted molar refractivity (Wildman–Crippen MR) is 104 cm³/mol. The average molecular weight is 368 g/mol. The second-order valence-electron chi connectivity index (χ2n) is 6.37. The van der Waals surface area contributed by atoms with Gasteiger partial charge in [0.2, 0.25) is 0 Å². The lowest BCUT2D eigenvalue weighted by atomic mass is 10.1. The van der Waals surface area contributed by atoms with Crippen molar-refractivity contribution in [2.45, 2.75) is 20.3 Å². The van der Waals surface area contributed by atoms with E-state index < -0.39 is 5.97 Å². The molecule has 0 saturated carbocycles. The van der Waals surface area contributed by atoms with E-state index in [0.717, 1.165) is 12.0 Å². The Labute approximate surface area is 159 Å². The Morgan fingerprint density at radius 3 is 2.19 bits per heavy atom. The van der Waals surface area contributed by atoms with Gasteiger partial charge in [0.1, 0.15) is 11.5 Å². The van der Waals surface area contributed by atoms with Gasteiger partial charge in [0.15, 0.2) is 0 Å². The van der Waals surface area contributed by atoms with E-state index in [1.807, 2.05) is 0 Å². The minimum atomic E-state index is -0.449. The summed E-state index contributed by atoms with van der Waals surface area (Å²) in [6, 6.07) is 13.5. The normalized spacial score (nSPS) is 10.8. The molecule has 27 heavy (non-hydrogen) atoms. The van der Waals surface area contributed by atoms with E-state index in [0.29, 0.717) is 29.6 Å². The van der Waals surface area contributed by atoms with Crippen LogP contribution in [0.2, 0.25) is 0 Å². The molecule has 0 atom stereocenters. The molecule has 0 aliphatic rings. The first kappa shape index (κ1) is 20.2. The minimum absolute atomic E-state index is 0.370. The third-order valence-corrected chi connectivity index (χ3v) is 3.77. The number of hydrogen-bond donors (Lipinski definition) is 0. The highest BCUT2D eigenvalue weighted by atomic mass is 16.5. The van der Waals surface area contributed by atoms with Crippen molar-refractivity contribution in [1.29, 1.82) is 0 Å². The van der Waals surface area contributed by atoms with Gasteiger partial charge in [-0.05, 0) is 60.4 Å². The second kappa shape index (κ2) is 10.2. The maximum Gasteiger partial charge on any atom is 0.343 e. The molecule has 0 radical (unpaired) electrons. The van der Waals surface area contributed by atoms with Crippen LogP contribution in [0.1, 0.15) is 36.2 Å². The third-order valence-electron chi connectivity index (χ3n) is 3.77. The van der Waals surface area contributed by atoms with E-state index in [1.165, 1.54) is 6.08 Å². The van der Waals surface area contributed by atoms with Gasteiger partial charge in [-0.25, -0.2) is 9.59 Å². The molecule has 0 fully saturated rings. The van der Waals surface area contributed by atoms with Crippen molar-refractivity contribution in [2.75, 3.05) is 13.7 Å². The molecule has 0 saturated heterocycles. The highest BCUT2D eigenvalue weighted by Gasteiger charge is 2.08. The van der Waals surface area contributed by atoms with Crippen LogP contribution in [0.5, 0.6) is 11.5 Å². The van der Waals surface area contributed by atoms with Crippen LogP contribution in [0.3, 0.4) is 0 Å². The van der Waals surface area contributed by atoms with E-state index in [2.05, 4.69) is 13.8 Å². The molecule has 0 amide bonds. The molecule has 0 aliphatic carbocycles. The Morgan fingerprint density at radius 2 is 1.59 bits per heavy atom. The summed E-state index contributed by atoms with van der Waals surface area (Å²) in [6.45, 7) is 4.57. The SMILES string of the molecule is COc1ccc(C(=O)Oc2ccc(/C=C/C(=O)OCCC(C)C)cc2)cc1. The quantitative estimate of drug-likeness (QED) is 0.389.